The highest BCUT2D eigenvalue weighted by atomic mass is 19.4. The van der Waals surface area contributed by atoms with E-state index in [2.05, 4.69) is 5.10 Å². The largest absolute Gasteiger partial charge is 0.416 e. The van der Waals surface area contributed by atoms with Crippen molar-refractivity contribution in [2.24, 2.45) is 5.73 Å². The minimum Gasteiger partial charge on any atom is -0.324 e. The number of rotatable bonds is 2. The van der Waals surface area contributed by atoms with Crippen molar-refractivity contribution >= 4 is 0 Å². The van der Waals surface area contributed by atoms with Crippen LogP contribution < -0.4 is 5.73 Å². The van der Waals surface area contributed by atoms with Crippen LogP contribution in [-0.2, 0) is 6.18 Å². The van der Waals surface area contributed by atoms with E-state index in [-0.39, 0.29) is 6.04 Å². The third-order valence-corrected chi connectivity index (χ3v) is 2.96. The molecule has 0 radical (unpaired) electrons. The Hall–Kier alpha value is -1.82. The van der Waals surface area contributed by atoms with Gasteiger partial charge in [0.1, 0.15) is 0 Å². The number of hydrogen-bond acceptors (Lipinski definition) is 2. The van der Waals surface area contributed by atoms with E-state index in [9.17, 15) is 13.2 Å². The molecule has 0 aliphatic carbocycles. The van der Waals surface area contributed by atoms with Crippen molar-refractivity contribution in [3.8, 4) is 5.69 Å². The third kappa shape index (κ3) is 2.63. The second-order valence-electron chi connectivity index (χ2n) is 4.43. The lowest BCUT2D eigenvalue weighted by atomic mass is 10.1. The summed E-state index contributed by atoms with van der Waals surface area (Å²) < 4.78 is 39.5. The molecule has 2 N–H and O–H groups in total. The number of aromatic nitrogens is 2. The van der Waals surface area contributed by atoms with E-state index in [4.69, 9.17) is 5.73 Å². The predicted octanol–water partition coefficient (Wildman–Crippen LogP) is 3.22. The molecule has 0 aliphatic rings. The summed E-state index contributed by atoms with van der Waals surface area (Å²) in [5.74, 6) is 0. The van der Waals surface area contributed by atoms with Crippen LogP contribution in [0.1, 0.15) is 29.8 Å². The SMILES string of the molecule is Cc1c([C@@H](C)N)cnn1-c1cccc(C(F)(F)F)c1. The van der Waals surface area contributed by atoms with E-state index in [1.165, 1.54) is 10.7 Å². The van der Waals surface area contributed by atoms with E-state index in [1.54, 1.807) is 26.1 Å². The fraction of sp³-hybridized carbons (Fsp3) is 0.308. The lowest BCUT2D eigenvalue weighted by molar-refractivity contribution is -0.137. The molecule has 0 fully saturated rings. The van der Waals surface area contributed by atoms with Crippen LogP contribution in [0.2, 0.25) is 0 Å². The van der Waals surface area contributed by atoms with Crippen molar-refractivity contribution in [1.29, 1.82) is 0 Å². The number of halogens is 3. The summed E-state index contributed by atoms with van der Waals surface area (Å²) in [4.78, 5) is 0. The highest BCUT2D eigenvalue weighted by molar-refractivity contribution is 5.39. The summed E-state index contributed by atoms with van der Waals surface area (Å²) in [5, 5.41) is 4.10. The van der Waals surface area contributed by atoms with Gasteiger partial charge in [-0.3, -0.25) is 0 Å². The van der Waals surface area contributed by atoms with Crippen molar-refractivity contribution < 1.29 is 13.2 Å². The molecule has 1 atom stereocenters. The van der Waals surface area contributed by atoms with E-state index < -0.39 is 11.7 Å². The van der Waals surface area contributed by atoms with Crippen LogP contribution in [-0.4, -0.2) is 9.78 Å². The van der Waals surface area contributed by atoms with Gasteiger partial charge < -0.3 is 5.73 Å². The first-order chi connectivity index (χ1) is 8.80. The molecule has 1 aromatic carbocycles. The Morgan fingerprint density at radius 1 is 1.32 bits per heavy atom. The zero-order valence-corrected chi connectivity index (χ0v) is 10.6. The van der Waals surface area contributed by atoms with Crippen molar-refractivity contribution in [3.63, 3.8) is 0 Å². The average Bonchev–Trinajstić information content (AvgIpc) is 2.70. The summed E-state index contributed by atoms with van der Waals surface area (Å²) in [7, 11) is 0. The molecule has 0 saturated heterocycles. The van der Waals surface area contributed by atoms with Gasteiger partial charge in [-0.05, 0) is 32.0 Å². The summed E-state index contributed by atoms with van der Waals surface area (Å²) in [5.41, 5.74) is 7.02. The predicted molar refractivity (Wildman–Crippen MR) is 65.9 cm³/mol. The standard InChI is InChI=1S/C13H14F3N3/c1-8(17)12-7-18-19(9(12)2)11-5-3-4-10(6-11)13(14,15)16/h3-8H,17H2,1-2H3/t8-/m1/s1. The van der Waals surface area contributed by atoms with Crippen molar-refractivity contribution in [2.45, 2.75) is 26.1 Å². The Morgan fingerprint density at radius 3 is 2.53 bits per heavy atom. The van der Waals surface area contributed by atoms with Gasteiger partial charge in [0.2, 0.25) is 0 Å². The molecule has 0 bridgehead atoms. The molecule has 1 heterocycles. The Balaban J connectivity index is 2.48. The second kappa shape index (κ2) is 4.70. The van der Waals surface area contributed by atoms with E-state index in [0.29, 0.717) is 5.69 Å². The monoisotopic (exact) mass is 269 g/mol. The summed E-state index contributed by atoms with van der Waals surface area (Å²) >= 11 is 0. The first-order valence-electron chi connectivity index (χ1n) is 5.78. The Bertz CT molecular complexity index is 585. The Labute approximate surface area is 108 Å². The highest BCUT2D eigenvalue weighted by Crippen LogP contribution is 2.30. The molecule has 1 aromatic heterocycles. The van der Waals surface area contributed by atoms with Gasteiger partial charge in [-0.15, -0.1) is 0 Å². The molecule has 0 spiro atoms. The van der Waals surface area contributed by atoms with E-state index in [1.807, 2.05) is 0 Å². The molecule has 2 aromatic rings. The van der Waals surface area contributed by atoms with Gasteiger partial charge in [-0.1, -0.05) is 6.07 Å². The van der Waals surface area contributed by atoms with Crippen LogP contribution in [0.4, 0.5) is 13.2 Å². The van der Waals surface area contributed by atoms with Gasteiger partial charge in [-0.2, -0.15) is 18.3 Å². The summed E-state index contributed by atoms with van der Waals surface area (Å²) in [6.45, 7) is 3.59. The lowest BCUT2D eigenvalue weighted by Crippen LogP contribution is -2.08. The number of benzene rings is 1. The van der Waals surface area contributed by atoms with Crippen molar-refractivity contribution in [1.82, 2.24) is 9.78 Å². The summed E-state index contributed by atoms with van der Waals surface area (Å²) in [6, 6.07) is 4.85. The molecule has 0 saturated carbocycles. The minimum absolute atomic E-state index is 0.209. The number of alkyl halides is 3. The lowest BCUT2D eigenvalue weighted by Gasteiger charge is -2.10. The number of nitrogens with zero attached hydrogens (tertiary/aromatic N) is 2. The molecular formula is C13H14F3N3. The second-order valence-corrected chi connectivity index (χ2v) is 4.43. The Morgan fingerprint density at radius 2 is 2.00 bits per heavy atom. The van der Waals surface area contributed by atoms with Gasteiger partial charge in [0.05, 0.1) is 17.4 Å². The quantitative estimate of drug-likeness (QED) is 0.909. The fourth-order valence-electron chi connectivity index (χ4n) is 1.94. The van der Waals surface area contributed by atoms with Crippen LogP contribution in [0.5, 0.6) is 0 Å². The molecule has 6 heteroatoms. The van der Waals surface area contributed by atoms with Gasteiger partial charge >= 0.3 is 6.18 Å². The summed E-state index contributed by atoms with van der Waals surface area (Å²) in [6.07, 6.45) is -2.78. The first kappa shape index (κ1) is 13.6. The van der Waals surface area contributed by atoms with Crippen LogP contribution in [0.3, 0.4) is 0 Å². The minimum atomic E-state index is -4.36. The van der Waals surface area contributed by atoms with Gasteiger partial charge in [-0.25, -0.2) is 4.68 Å². The third-order valence-electron chi connectivity index (χ3n) is 2.96. The maximum atomic E-state index is 12.7. The van der Waals surface area contributed by atoms with E-state index >= 15 is 0 Å². The fourth-order valence-corrected chi connectivity index (χ4v) is 1.94. The molecule has 0 amide bonds. The normalized spacial score (nSPS) is 13.6. The van der Waals surface area contributed by atoms with E-state index in [0.717, 1.165) is 23.4 Å². The highest BCUT2D eigenvalue weighted by Gasteiger charge is 2.30. The van der Waals surface area contributed by atoms with Gasteiger partial charge in [0.25, 0.3) is 0 Å². The molecule has 19 heavy (non-hydrogen) atoms. The van der Waals surface area contributed by atoms with Crippen LogP contribution in [0, 0.1) is 6.92 Å². The number of nitrogens with two attached hydrogens (primary N) is 1. The molecule has 0 aliphatic heterocycles. The molecule has 2 rings (SSSR count). The molecule has 0 unspecified atom stereocenters. The zero-order chi connectivity index (χ0) is 14.2. The smallest absolute Gasteiger partial charge is 0.324 e. The molecule has 3 nitrogen and oxygen atoms in total. The van der Waals surface area contributed by atoms with Gasteiger partial charge in [0, 0.05) is 17.3 Å². The zero-order valence-electron chi connectivity index (χ0n) is 10.6. The number of hydrogen-bond donors (Lipinski definition) is 1. The maximum Gasteiger partial charge on any atom is 0.416 e. The van der Waals surface area contributed by atoms with Crippen LogP contribution >= 0.6 is 0 Å². The first-order valence-corrected chi connectivity index (χ1v) is 5.78. The topological polar surface area (TPSA) is 43.8 Å². The maximum absolute atomic E-state index is 12.7. The van der Waals surface area contributed by atoms with Crippen molar-refractivity contribution in [3.05, 3.63) is 47.3 Å². The van der Waals surface area contributed by atoms with Gasteiger partial charge in [0.15, 0.2) is 0 Å². The average molecular weight is 269 g/mol. The van der Waals surface area contributed by atoms with Crippen molar-refractivity contribution in [2.75, 3.05) is 0 Å². The van der Waals surface area contributed by atoms with Crippen LogP contribution in [0.15, 0.2) is 30.5 Å². The molecule has 102 valence electrons. The molecular weight excluding hydrogens is 255 g/mol. The Kier molecular flexibility index (Phi) is 3.36. The van der Waals surface area contributed by atoms with Crippen LogP contribution in [0.25, 0.3) is 5.69 Å².